The van der Waals surface area contributed by atoms with Crippen molar-refractivity contribution < 1.29 is 14.3 Å². The molecule has 0 saturated carbocycles. The van der Waals surface area contributed by atoms with E-state index in [1.165, 1.54) is 0 Å². The smallest absolute Gasteiger partial charge is 0.258 e. The number of amides is 1. The van der Waals surface area contributed by atoms with Crippen molar-refractivity contribution in [3.63, 3.8) is 0 Å². The lowest BCUT2D eigenvalue weighted by Crippen LogP contribution is -2.31. The molecule has 1 atom stereocenters. The van der Waals surface area contributed by atoms with Crippen molar-refractivity contribution >= 4 is 11.7 Å². The van der Waals surface area contributed by atoms with Crippen LogP contribution in [0.5, 0.6) is 5.75 Å². The minimum absolute atomic E-state index is 0.0499. The van der Waals surface area contributed by atoms with Crippen molar-refractivity contribution in [3.8, 4) is 5.75 Å². The van der Waals surface area contributed by atoms with Crippen LogP contribution < -0.4 is 10.1 Å². The van der Waals surface area contributed by atoms with Gasteiger partial charge in [-0.25, -0.2) is 0 Å². The number of rotatable bonds is 7. The van der Waals surface area contributed by atoms with Crippen molar-refractivity contribution in [2.45, 2.75) is 13.0 Å². The molecular weight excluding hydrogens is 340 g/mol. The number of hydrogen-bond donors (Lipinski definition) is 1. The van der Waals surface area contributed by atoms with Crippen molar-refractivity contribution in [2.75, 3.05) is 6.61 Å². The van der Waals surface area contributed by atoms with Gasteiger partial charge in [-0.05, 0) is 48.9 Å². The van der Waals surface area contributed by atoms with Crippen LogP contribution in [0.15, 0.2) is 79.1 Å². The average Bonchev–Trinajstić information content (AvgIpc) is 2.73. The SMILES string of the molecule is C[C@H](NC(=O)COc1ccc(C(=O)c2ccccc2)cc1)c1ccncc1. The number of benzene rings is 2. The van der Waals surface area contributed by atoms with Gasteiger partial charge in [0, 0.05) is 23.5 Å². The maximum atomic E-state index is 12.4. The summed E-state index contributed by atoms with van der Waals surface area (Å²) < 4.78 is 5.51. The summed E-state index contributed by atoms with van der Waals surface area (Å²) in [4.78, 5) is 28.4. The molecule has 5 heteroatoms. The minimum Gasteiger partial charge on any atom is -0.484 e. The number of carbonyl (C=O) groups excluding carboxylic acids is 2. The van der Waals surface area contributed by atoms with Crippen LogP contribution >= 0.6 is 0 Å². The van der Waals surface area contributed by atoms with Crippen LogP contribution in [-0.2, 0) is 4.79 Å². The van der Waals surface area contributed by atoms with Gasteiger partial charge in [0.25, 0.3) is 5.91 Å². The van der Waals surface area contributed by atoms with Gasteiger partial charge in [-0.1, -0.05) is 30.3 Å². The van der Waals surface area contributed by atoms with Crippen LogP contribution in [0.25, 0.3) is 0 Å². The molecule has 0 bridgehead atoms. The second-order valence-corrected chi connectivity index (χ2v) is 6.08. The summed E-state index contributed by atoms with van der Waals surface area (Å²) in [5.74, 6) is 0.265. The zero-order chi connectivity index (χ0) is 19.1. The molecule has 0 aliphatic heterocycles. The number of nitrogens with one attached hydrogen (secondary N) is 1. The Hall–Kier alpha value is -3.47. The first kappa shape index (κ1) is 18.3. The topological polar surface area (TPSA) is 68.3 Å². The summed E-state index contributed by atoms with van der Waals surface area (Å²) in [5.41, 5.74) is 2.18. The molecule has 2 aromatic carbocycles. The molecule has 3 rings (SSSR count). The molecule has 1 amide bonds. The second kappa shape index (κ2) is 8.76. The Morgan fingerprint density at radius 1 is 0.926 bits per heavy atom. The number of aromatic nitrogens is 1. The lowest BCUT2D eigenvalue weighted by Gasteiger charge is -2.14. The highest BCUT2D eigenvalue weighted by atomic mass is 16.5. The molecular formula is C22H20N2O3. The lowest BCUT2D eigenvalue weighted by molar-refractivity contribution is -0.123. The number of pyridine rings is 1. The van der Waals surface area contributed by atoms with Gasteiger partial charge in [-0.2, -0.15) is 0 Å². The van der Waals surface area contributed by atoms with Gasteiger partial charge in [-0.15, -0.1) is 0 Å². The first-order chi connectivity index (χ1) is 13.1. The molecule has 0 saturated heterocycles. The summed E-state index contributed by atoms with van der Waals surface area (Å²) in [6.45, 7) is 1.80. The third-order valence-electron chi connectivity index (χ3n) is 4.11. The highest BCUT2D eigenvalue weighted by Gasteiger charge is 2.11. The molecule has 1 heterocycles. The summed E-state index contributed by atoms with van der Waals surface area (Å²) in [6.07, 6.45) is 3.37. The Bertz CT molecular complexity index is 894. The van der Waals surface area contributed by atoms with Crippen molar-refractivity contribution in [1.29, 1.82) is 0 Å². The van der Waals surface area contributed by atoms with Gasteiger partial charge in [0.15, 0.2) is 12.4 Å². The largest absolute Gasteiger partial charge is 0.484 e. The van der Waals surface area contributed by atoms with Crippen molar-refractivity contribution in [1.82, 2.24) is 10.3 Å². The van der Waals surface area contributed by atoms with E-state index in [1.54, 1.807) is 48.8 Å². The molecule has 0 spiro atoms. The summed E-state index contributed by atoms with van der Waals surface area (Å²) in [5, 5.41) is 2.87. The van der Waals surface area contributed by atoms with Crippen LogP contribution in [0.1, 0.15) is 34.5 Å². The molecule has 1 N–H and O–H groups in total. The van der Waals surface area contributed by atoms with Gasteiger partial charge in [0.2, 0.25) is 0 Å². The number of ketones is 1. The van der Waals surface area contributed by atoms with Crippen molar-refractivity contribution in [3.05, 3.63) is 95.8 Å². The Balaban J connectivity index is 1.53. The average molecular weight is 360 g/mol. The Kier molecular flexibility index (Phi) is 5.94. The van der Waals surface area contributed by atoms with Crippen LogP contribution in [0.3, 0.4) is 0 Å². The van der Waals surface area contributed by atoms with E-state index in [0.717, 1.165) is 5.56 Å². The highest BCUT2D eigenvalue weighted by Crippen LogP contribution is 2.16. The van der Waals surface area contributed by atoms with Crippen LogP contribution in [-0.4, -0.2) is 23.3 Å². The standard InChI is InChI=1S/C22H20N2O3/c1-16(17-11-13-23-14-12-17)24-21(25)15-27-20-9-7-19(8-10-20)22(26)18-5-3-2-4-6-18/h2-14,16H,15H2,1H3,(H,24,25)/t16-/m0/s1. The summed E-state index contributed by atoms with van der Waals surface area (Å²) >= 11 is 0. The molecule has 0 aliphatic rings. The van der Waals surface area contributed by atoms with E-state index in [1.807, 2.05) is 37.3 Å². The maximum Gasteiger partial charge on any atom is 0.258 e. The highest BCUT2D eigenvalue weighted by molar-refractivity contribution is 6.08. The lowest BCUT2D eigenvalue weighted by atomic mass is 10.0. The first-order valence-corrected chi connectivity index (χ1v) is 8.65. The van der Waals surface area contributed by atoms with Gasteiger partial charge < -0.3 is 10.1 Å². The van der Waals surface area contributed by atoms with Gasteiger partial charge in [0.1, 0.15) is 5.75 Å². The fraction of sp³-hybridized carbons (Fsp3) is 0.136. The van der Waals surface area contributed by atoms with E-state index in [0.29, 0.717) is 16.9 Å². The van der Waals surface area contributed by atoms with Crippen molar-refractivity contribution in [2.24, 2.45) is 0 Å². The second-order valence-electron chi connectivity index (χ2n) is 6.08. The molecule has 0 unspecified atom stereocenters. The fourth-order valence-corrected chi connectivity index (χ4v) is 2.63. The first-order valence-electron chi connectivity index (χ1n) is 8.65. The summed E-state index contributed by atoms with van der Waals surface area (Å²) in [6, 6.07) is 19.4. The van der Waals surface area contributed by atoms with E-state index >= 15 is 0 Å². The number of hydrogen-bond acceptors (Lipinski definition) is 4. The maximum absolute atomic E-state index is 12.4. The van der Waals surface area contributed by atoms with Gasteiger partial charge >= 0.3 is 0 Å². The van der Waals surface area contributed by atoms with E-state index in [2.05, 4.69) is 10.3 Å². The Morgan fingerprint density at radius 3 is 2.22 bits per heavy atom. The predicted molar refractivity (Wildman–Crippen MR) is 103 cm³/mol. The number of carbonyl (C=O) groups is 2. The van der Waals surface area contributed by atoms with Gasteiger partial charge in [-0.3, -0.25) is 14.6 Å². The Morgan fingerprint density at radius 2 is 1.56 bits per heavy atom. The van der Waals surface area contributed by atoms with Gasteiger partial charge in [0.05, 0.1) is 6.04 Å². The molecule has 0 aliphatic carbocycles. The number of nitrogens with zero attached hydrogens (tertiary/aromatic N) is 1. The van der Waals surface area contributed by atoms with E-state index in [-0.39, 0.29) is 24.3 Å². The Labute approximate surface area is 158 Å². The fourth-order valence-electron chi connectivity index (χ4n) is 2.63. The zero-order valence-electron chi connectivity index (χ0n) is 15.0. The molecule has 0 fully saturated rings. The molecule has 1 aromatic heterocycles. The monoisotopic (exact) mass is 360 g/mol. The third kappa shape index (κ3) is 5.01. The predicted octanol–water partition coefficient (Wildman–Crippen LogP) is 3.57. The molecule has 5 nitrogen and oxygen atoms in total. The third-order valence-corrected chi connectivity index (χ3v) is 4.11. The molecule has 136 valence electrons. The van der Waals surface area contributed by atoms with E-state index in [9.17, 15) is 9.59 Å². The number of ether oxygens (including phenoxy) is 1. The van der Waals surface area contributed by atoms with E-state index in [4.69, 9.17) is 4.74 Å². The summed E-state index contributed by atoms with van der Waals surface area (Å²) in [7, 11) is 0. The van der Waals surface area contributed by atoms with Crippen LogP contribution in [0, 0.1) is 0 Å². The molecule has 0 radical (unpaired) electrons. The molecule has 27 heavy (non-hydrogen) atoms. The molecule has 3 aromatic rings. The van der Waals surface area contributed by atoms with Crippen LogP contribution in [0.2, 0.25) is 0 Å². The van der Waals surface area contributed by atoms with Crippen LogP contribution in [0.4, 0.5) is 0 Å². The quantitative estimate of drug-likeness (QED) is 0.654. The minimum atomic E-state index is -0.219. The van der Waals surface area contributed by atoms with E-state index < -0.39 is 0 Å². The zero-order valence-corrected chi connectivity index (χ0v) is 15.0. The normalized spacial score (nSPS) is 11.4.